The highest BCUT2D eigenvalue weighted by atomic mass is 32.1. The van der Waals surface area contributed by atoms with Gasteiger partial charge in [-0.05, 0) is 38.1 Å². The molecule has 6 heteroatoms. The number of rotatable bonds is 5. The van der Waals surface area contributed by atoms with Gasteiger partial charge in [0.05, 0.1) is 16.3 Å². The molecule has 0 aliphatic rings. The lowest BCUT2D eigenvalue weighted by Crippen LogP contribution is -2.06. The van der Waals surface area contributed by atoms with Gasteiger partial charge in [0.25, 0.3) is 0 Å². The molecule has 0 bridgehead atoms. The van der Waals surface area contributed by atoms with Crippen molar-refractivity contribution in [2.24, 2.45) is 0 Å². The smallest absolute Gasteiger partial charge is 0.213 e. The van der Waals surface area contributed by atoms with Gasteiger partial charge in [0.1, 0.15) is 11.6 Å². The fourth-order valence-electron chi connectivity index (χ4n) is 2.13. The van der Waals surface area contributed by atoms with E-state index in [2.05, 4.69) is 9.97 Å². The van der Waals surface area contributed by atoms with Crippen LogP contribution in [0.3, 0.4) is 0 Å². The maximum absolute atomic E-state index is 11.6. The second-order valence-electron chi connectivity index (χ2n) is 5.33. The molecule has 2 aromatic heterocycles. The zero-order valence-electron chi connectivity index (χ0n) is 12.8. The minimum atomic E-state index is -0.488. The Morgan fingerprint density at radius 2 is 2.13 bits per heavy atom. The third kappa shape index (κ3) is 3.38. The van der Waals surface area contributed by atoms with Gasteiger partial charge in [-0.1, -0.05) is 0 Å². The zero-order chi connectivity index (χ0) is 16.4. The number of thiazole rings is 1. The van der Waals surface area contributed by atoms with E-state index in [4.69, 9.17) is 9.84 Å². The van der Waals surface area contributed by atoms with Crippen LogP contribution in [0.25, 0.3) is 20.8 Å². The minimum absolute atomic E-state index is 0.0817. The zero-order valence-corrected chi connectivity index (χ0v) is 13.6. The fourth-order valence-corrected chi connectivity index (χ4v) is 3.13. The number of aliphatic hydroxyl groups excluding tert-OH is 1. The van der Waals surface area contributed by atoms with Crippen molar-refractivity contribution in [3.05, 3.63) is 42.1 Å². The van der Waals surface area contributed by atoms with Crippen molar-refractivity contribution in [2.75, 3.05) is 6.61 Å². The van der Waals surface area contributed by atoms with Crippen molar-refractivity contribution in [1.82, 2.24) is 9.97 Å². The quantitative estimate of drug-likeness (QED) is 0.727. The van der Waals surface area contributed by atoms with Crippen molar-refractivity contribution < 1.29 is 14.6 Å². The molecule has 118 valence electrons. The third-order valence-corrected chi connectivity index (χ3v) is 4.26. The summed E-state index contributed by atoms with van der Waals surface area (Å²) in [6.07, 6.45) is 1.81. The second-order valence-corrected chi connectivity index (χ2v) is 6.37. The second kappa shape index (κ2) is 6.44. The van der Waals surface area contributed by atoms with Gasteiger partial charge in [-0.2, -0.15) is 0 Å². The molecule has 5 nitrogen and oxygen atoms in total. The topological polar surface area (TPSA) is 72.3 Å². The Hall–Kier alpha value is -2.31. The van der Waals surface area contributed by atoms with Gasteiger partial charge in [-0.15, -0.1) is 11.3 Å². The van der Waals surface area contributed by atoms with E-state index in [0.717, 1.165) is 20.8 Å². The molecule has 0 aliphatic carbocycles. The highest BCUT2D eigenvalue weighted by Gasteiger charge is 2.10. The molecular formula is C17H16N2O3S. The number of fused-ring (bicyclic) bond motifs is 1. The van der Waals surface area contributed by atoms with Crippen LogP contribution in [0.5, 0.6) is 5.88 Å². The van der Waals surface area contributed by atoms with Gasteiger partial charge in [0, 0.05) is 23.4 Å². The monoisotopic (exact) mass is 328 g/mol. The number of carbonyl (C=O) groups excluding carboxylic acids is 1. The lowest BCUT2D eigenvalue weighted by atomic mass is 10.1. The first-order valence-electron chi connectivity index (χ1n) is 7.24. The number of hydrogen-bond donors (Lipinski definition) is 1. The van der Waals surface area contributed by atoms with Gasteiger partial charge in [0.15, 0.2) is 5.78 Å². The molecule has 1 N–H and O–H groups in total. The number of pyridine rings is 1. The lowest BCUT2D eigenvalue weighted by Gasteiger charge is -2.07. The van der Waals surface area contributed by atoms with Crippen LogP contribution in [-0.4, -0.2) is 33.6 Å². The van der Waals surface area contributed by atoms with Gasteiger partial charge >= 0.3 is 0 Å². The predicted molar refractivity (Wildman–Crippen MR) is 90.0 cm³/mol. The summed E-state index contributed by atoms with van der Waals surface area (Å²) in [6, 6.07) is 8.98. The van der Waals surface area contributed by atoms with Crippen molar-refractivity contribution in [1.29, 1.82) is 0 Å². The number of Topliss-reactive ketones (excluding diaryl/α,β-unsaturated/α-hetero) is 1. The van der Waals surface area contributed by atoms with E-state index < -0.39 is 6.61 Å². The standard InChI is InChI=1S/C17H16N2O3S/c1-10(2)22-16-6-4-12(8-18-16)17-19-13-5-3-11(14(21)9-20)7-15(13)23-17/h3-8,10,20H,9H2,1-2H3. The Labute approximate surface area is 137 Å². The van der Waals surface area contributed by atoms with Crippen molar-refractivity contribution in [3.63, 3.8) is 0 Å². The minimum Gasteiger partial charge on any atom is -0.475 e. The molecule has 2 heterocycles. The summed E-state index contributed by atoms with van der Waals surface area (Å²) >= 11 is 1.49. The summed E-state index contributed by atoms with van der Waals surface area (Å²) in [7, 11) is 0. The van der Waals surface area contributed by atoms with Crippen LogP contribution < -0.4 is 4.74 Å². The Kier molecular flexibility index (Phi) is 4.36. The summed E-state index contributed by atoms with van der Waals surface area (Å²) in [6.45, 7) is 3.42. The maximum Gasteiger partial charge on any atom is 0.213 e. The Balaban J connectivity index is 1.92. The molecule has 0 aliphatic heterocycles. The number of nitrogens with zero attached hydrogens (tertiary/aromatic N) is 2. The highest BCUT2D eigenvalue weighted by molar-refractivity contribution is 7.21. The predicted octanol–water partition coefficient (Wildman–Crippen LogP) is 3.32. The van der Waals surface area contributed by atoms with Crippen LogP contribution in [0.4, 0.5) is 0 Å². The number of benzene rings is 1. The van der Waals surface area contributed by atoms with E-state index in [1.165, 1.54) is 11.3 Å². The molecule has 1 aromatic carbocycles. The van der Waals surface area contributed by atoms with Crippen molar-refractivity contribution in [3.8, 4) is 16.5 Å². The lowest BCUT2D eigenvalue weighted by molar-refractivity contribution is 0.0904. The maximum atomic E-state index is 11.6. The number of aromatic nitrogens is 2. The van der Waals surface area contributed by atoms with E-state index >= 15 is 0 Å². The van der Waals surface area contributed by atoms with E-state index in [1.807, 2.05) is 26.0 Å². The summed E-state index contributed by atoms with van der Waals surface area (Å²) in [4.78, 5) is 20.4. The van der Waals surface area contributed by atoms with Gasteiger partial charge in [-0.3, -0.25) is 4.79 Å². The van der Waals surface area contributed by atoms with Crippen LogP contribution in [0.2, 0.25) is 0 Å². The molecule has 0 unspecified atom stereocenters. The van der Waals surface area contributed by atoms with Gasteiger partial charge < -0.3 is 9.84 Å². The van der Waals surface area contributed by atoms with Crippen LogP contribution in [0.15, 0.2) is 36.5 Å². The van der Waals surface area contributed by atoms with E-state index in [0.29, 0.717) is 11.4 Å². The Morgan fingerprint density at radius 3 is 2.78 bits per heavy atom. The van der Waals surface area contributed by atoms with Gasteiger partial charge in [-0.25, -0.2) is 9.97 Å². The van der Waals surface area contributed by atoms with E-state index in [-0.39, 0.29) is 11.9 Å². The number of ether oxygens (including phenoxy) is 1. The molecule has 23 heavy (non-hydrogen) atoms. The third-order valence-electron chi connectivity index (χ3n) is 3.19. The number of carbonyl (C=O) groups is 1. The van der Waals surface area contributed by atoms with Crippen LogP contribution in [0.1, 0.15) is 24.2 Å². The summed E-state index contributed by atoms with van der Waals surface area (Å²) in [5.41, 5.74) is 2.22. The first kappa shape index (κ1) is 15.6. The number of hydrogen-bond acceptors (Lipinski definition) is 6. The summed E-state index contributed by atoms with van der Waals surface area (Å²) in [5, 5.41) is 9.78. The molecule has 0 fully saturated rings. The average molecular weight is 328 g/mol. The molecule has 0 saturated carbocycles. The first-order valence-corrected chi connectivity index (χ1v) is 8.06. The number of ketones is 1. The molecule has 3 aromatic rings. The molecule has 0 saturated heterocycles. The van der Waals surface area contributed by atoms with Gasteiger partial charge in [0.2, 0.25) is 5.88 Å². The molecule has 0 spiro atoms. The van der Waals surface area contributed by atoms with E-state index in [9.17, 15) is 4.79 Å². The van der Waals surface area contributed by atoms with Crippen LogP contribution in [-0.2, 0) is 0 Å². The Morgan fingerprint density at radius 1 is 1.30 bits per heavy atom. The van der Waals surface area contributed by atoms with E-state index in [1.54, 1.807) is 24.4 Å². The van der Waals surface area contributed by atoms with Crippen LogP contribution >= 0.6 is 11.3 Å². The average Bonchev–Trinajstić information content (AvgIpc) is 2.97. The summed E-state index contributed by atoms with van der Waals surface area (Å²) < 4.78 is 6.43. The largest absolute Gasteiger partial charge is 0.475 e. The van der Waals surface area contributed by atoms with Crippen molar-refractivity contribution in [2.45, 2.75) is 20.0 Å². The molecule has 0 amide bonds. The fraction of sp³-hybridized carbons (Fsp3) is 0.235. The normalized spacial score (nSPS) is 11.1. The molecule has 3 rings (SSSR count). The highest BCUT2D eigenvalue weighted by Crippen LogP contribution is 2.31. The number of aliphatic hydroxyl groups is 1. The molecular weight excluding hydrogens is 312 g/mol. The van der Waals surface area contributed by atoms with Crippen molar-refractivity contribution >= 4 is 27.3 Å². The molecule has 0 radical (unpaired) electrons. The SMILES string of the molecule is CC(C)Oc1ccc(-c2nc3ccc(C(=O)CO)cc3s2)cn1. The Bertz CT molecular complexity index is 841. The molecule has 0 atom stereocenters. The first-order chi connectivity index (χ1) is 11.1. The summed E-state index contributed by atoms with van der Waals surface area (Å²) in [5.74, 6) is 0.291. The van der Waals surface area contributed by atoms with Crippen LogP contribution in [0, 0.1) is 0 Å².